The van der Waals surface area contributed by atoms with E-state index in [1.165, 1.54) is 11.1 Å². The second-order valence-electron chi connectivity index (χ2n) is 3.61. The van der Waals surface area contributed by atoms with Gasteiger partial charge in [0, 0.05) is 13.1 Å². The third-order valence-electron chi connectivity index (χ3n) is 2.17. The van der Waals surface area contributed by atoms with Gasteiger partial charge in [-0.05, 0) is 31.0 Å². The van der Waals surface area contributed by atoms with Gasteiger partial charge in [0.1, 0.15) is 12.4 Å². The minimum atomic E-state index is 0.693. The lowest BCUT2D eigenvalue weighted by Crippen LogP contribution is -2.21. The largest absolute Gasteiger partial charge is 0.492 e. The van der Waals surface area contributed by atoms with Gasteiger partial charge in [-0.15, -0.1) is 6.58 Å². The van der Waals surface area contributed by atoms with E-state index in [9.17, 15) is 0 Å². The monoisotopic (exact) mass is 205 g/mol. The van der Waals surface area contributed by atoms with E-state index in [1.54, 1.807) is 0 Å². The van der Waals surface area contributed by atoms with Crippen molar-refractivity contribution in [3.05, 3.63) is 42.0 Å². The molecule has 0 aromatic heterocycles. The van der Waals surface area contributed by atoms with Crippen LogP contribution in [0.3, 0.4) is 0 Å². The Balaban J connectivity index is 2.36. The Labute approximate surface area is 92.0 Å². The first-order chi connectivity index (χ1) is 7.24. The van der Waals surface area contributed by atoms with Crippen molar-refractivity contribution < 1.29 is 4.74 Å². The molecule has 0 aliphatic heterocycles. The molecule has 2 heteroatoms. The van der Waals surface area contributed by atoms with E-state index >= 15 is 0 Å². The number of rotatable bonds is 6. The normalized spacial score (nSPS) is 10.0. The van der Waals surface area contributed by atoms with Gasteiger partial charge in [-0.1, -0.05) is 18.2 Å². The molecule has 1 aromatic rings. The summed E-state index contributed by atoms with van der Waals surface area (Å²) >= 11 is 0. The second kappa shape index (κ2) is 6.25. The fourth-order valence-corrected chi connectivity index (χ4v) is 1.30. The summed E-state index contributed by atoms with van der Waals surface area (Å²) in [5.41, 5.74) is 2.42. The number of benzene rings is 1. The van der Waals surface area contributed by atoms with Crippen LogP contribution in [-0.2, 0) is 0 Å². The molecule has 0 aliphatic carbocycles. The van der Waals surface area contributed by atoms with Gasteiger partial charge >= 0.3 is 0 Å². The van der Waals surface area contributed by atoms with Crippen LogP contribution in [0, 0.1) is 13.8 Å². The lowest BCUT2D eigenvalue weighted by molar-refractivity contribution is 0.314. The first kappa shape index (κ1) is 11.8. The van der Waals surface area contributed by atoms with Crippen molar-refractivity contribution in [3.8, 4) is 5.75 Å². The van der Waals surface area contributed by atoms with E-state index in [2.05, 4.69) is 43.9 Å². The highest BCUT2D eigenvalue weighted by Crippen LogP contribution is 2.18. The van der Waals surface area contributed by atoms with Crippen molar-refractivity contribution in [3.63, 3.8) is 0 Å². The number of hydrogen-bond donors (Lipinski definition) is 1. The molecule has 0 radical (unpaired) electrons. The molecule has 0 bridgehead atoms. The average Bonchev–Trinajstić information content (AvgIpc) is 2.23. The number of aryl methyl sites for hydroxylation is 2. The molecule has 0 saturated heterocycles. The maximum absolute atomic E-state index is 5.67. The first-order valence-corrected chi connectivity index (χ1v) is 5.25. The van der Waals surface area contributed by atoms with Crippen molar-refractivity contribution >= 4 is 0 Å². The standard InChI is InChI=1S/C13H19NO/c1-4-7-14-8-9-15-13-10-11(2)5-6-12(13)3/h4-6,10,14H,1,7-9H2,2-3H3. The second-order valence-corrected chi connectivity index (χ2v) is 3.61. The predicted octanol–water partition coefficient (Wildman–Crippen LogP) is 2.46. The Morgan fingerprint density at radius 2 is 2.20 bits per heavy atom. The fourth-order valence-electron chi connectivity index (χ4n) is 1.30. The van der Waals surface area contributed by atoms with Gasteiger partial charge in [0.2, 0.25) is 0 Å². The summed E-state index contributed by atoms with van der Waals surface area (Å²) in [4.78, 5) is 0. The molecule has 0 fully saturated rings. The molecule has 15 heavy (non-hydrogen) atoms. The first-order valence-electron chi connectivity index (χ1n) is 5.25. The molecule has 0 unspecified atom stereocenters. The third-order valence-corrected chi connectivity index (χ3v) is 2.17. The topological polar surface area (TPSA) is 21.3 Å². The molecule has 0 heterocycles. The van der Waals surface area contributed by atoms with Crippen LogP contribution in [0.2, 0.25) is 0 Å². The van der Waals surface area contributed by atoms with E-state index in [0.717, 1.165) is 18.8 Å². The molecule has 0 amide bonds. The Morgan fingerprint density at radius 1 is 1.40 bits per heavy atom. The maximum atomic E-state index is 5.67. The predicted molar refractivity (Wildman–Crippen MR) is 64.5 cm³/mol. The van der Waals surface area contributed by atoms with Crippen molar-refractivity contribution in [2.45, 2.75) is 13.8 Å². The van der Waals surface area contributed by atoms with Crippen LogP contribution < -0.4 is 10.1 Å². The zero-order chi connectivity index (χ0) is 11.1. The van der Waals surface area contributed by atoms with Gasteiger partial charge in [-0.25, -0.2) is 0 Å². The highest BCUT2D eigenvalue weighted by Gasteiger charge is 1.98. The van der Waals surface area contributed by atoms with E-state index in [-0.39, 0.29) is 0 Å². The lowest BCUT2D eigenvalue weighted by atomic mass is 10.1. The van der Waals surface area contributed by atoms with E-state index in [1.807, 2.05) is 6.08 Å². The van der Waals surface area contributed by atoms with Crippen molar-refractivity contribution in [1.29, 1.82) is 0 Å². The summed E-state index contributed by atoms with van der Waals surface area (Å²) in [6, 6.07) is 6.25. The number of hydrogen-bond acceptors (Lipinski definition) is 2. The van der Waals surface area contributed by atoms with Crippen molar-refractivity contribution in [2.75, 3.05) is 19.7 Å². The summed E-state index contributed by atoms with van der Waals surface area (Å²) in [6.45, 7) is 10.1. The van der Waals surface area contributed by atoms with Crippen LogP contribution in [0.5, 0.6) is 5.75 Å². The molecule has 1 N–H and O–H groups in total. The Bertz CT molecular complexity index is 320. The summed E-state index contributed by atoms with van der Waals surface area (Å²) in [5.74, 6) is 0.982. The highest BCUT2D eigenvalue weighted by molar-refractivity contribution is 5.35. The summed E-state index contributed by atoms with van der Waals surface area (Å²) < 4.78 is 5.67. The number of nitrogens with one attached hydrogen (secondary N) is 1. The van der Waals surface area contributed by atoms with Gasteiger partial charge < -0.3 is 10.1 Å². The molecule has 1 rings (SSSR count). The molecule has 1 aromatic carbocycles. The van der Waals surface area contributed by atoms with Crippen molar-refractivity contribution in [1.82, 2.24) is 5.32 Å². The fraction of sp³-hybridized carbons (Fsp3) is 0.385. The summed E-state index contributed by atoms with van der Waals surface area (Å²) in [7, 11) is 0. The zero-order valence-corrected chi connectivity index (χ0v) is 9.55. The quantitative estimate of drug-likeness (QED) is 0.569. The van der Waals surface area contributed by atoms with Gasteiger partial charge in [0.25, 0.3) is 0 Å². The minimum absolute atomic E-state index is 0.693. The third kappa shape index (κ3) is 4.17. The van der Waals surface area contributed by atoms with Crippen molar-refractivity contribution in [2.24, 2.45) is 0 Å². The van der Waals surface area contributed by atoms with E-state index < -0.39 is 0 Å². The van der Waals surface area contributed by atoms with Gasteiger partial charge in [0.05, 0.1) is 0 Å². The summed E-state index contributed by atoms with van der Waals surface area (Å²) in [5, 5.41) is 3.20. The molecule has 82 valence electrons. The molecule has 0 saturated carbocycles. The Hall–Kier alpha value is -1.28. The highest BCUT2D eigenvalue weighted by atomic mass is 16.5. The average molecular weight is 205 g/mol. The van der Waals surface area contributed by atoms with Crippen LogP contribution >= 0.6 is 0 Å². The summed E-state index contributed by atoms with van der Waals surface area (Å²) in [6.07, 6.45) is 1.85. The maximum Gasteiger partial charge on any atom is 0.122 e. The van der Waals surface area contributed by atoms with Crippen LogP contribution in [0.1, 0.15) is 11.1 Å². The minimum Gasteiger partial charge on any atom is -0.492 e. The van der Waals surface area contributed by atoms with Gasteiger partial charge in [0.15, 0.2) is 0 Å². The van der Waals surface area contributed by atoms with Crippen LogP contribution in [0.15, 0.2) is 30.9 Å². The van der Waals surface area contributed by atoms with E-state index in [4.69, 9.17) is 4.74 Å². The molecule has 2 nitrogen and oxygen atoms in total. The van der Waals surface area contributed by atoms with Gasteiger partial charge in [-0.3, -0.25) is 0 Å². The van der Waals surface area contributed by atoms with Gasteiger partial charge in [-0.2, -0.15) is 0 Å². The molecule has 0 aliphatic rings. The lowest BCUT2D eigenvalue weighted by Gasteiger charge is -2.09. The Kier molecular flexibility index (Phi) is 4.91. The molecule has 0 spiro atoms. The Morgan fingerprint density at radius 3 is 2.93 bits per heavy atom. The molecule has 0 atom stereocenters. The SMILES string of the molecule is C=CCNCCOc1cc(C)ccc1C. The van der Waals surface area contributed by atoms with Crippen LogP contribution in [0.25, 0.3) is 0 Å². The van der Waals surface area contributed by atoms with E-state index in [0.29, 0.717) is 6.61 Å². The molecular weight excluding hydrogens is 186 g/mol. The van der Waals surface area contributed by atoms with Crippen LogP contribution in [-0.4, -0.2) is 19.7 Å². The van der Waals surface area contributed by atoms with Crippen LogP contribution in [0.4, 0.5) is 0 Å². The zero-order valence-electron chi connectivity index (χ0n) is 9.55. The number of ether oxygens (including phenoxy) is 1. The smallest absolute Gasteiger partial charge is 0.122 e. The molecular formula is C13H19NO.